The molecule has 0 spiro atoms. The standard InChI is InChI=1S/C6H4ClOP2S7/c7-6(17-10(13)14)1-2-15-5(6)4(8)3-16-9(11)12/h1-3,8H/q-1/b4-3-. The number of hydrogen-bond acceptors (Lipinski definition) is 7. The van der Waals surface area contributed by atoms with Crippen LogP contribution in [0.2, 0.25) is 0 Å². The minimum atomic E-state index is -1.05. The highest BCUT2D eigenvalue weighted by molar-refractivity contribution is 8.99. The van der Waals surface area contributed by atoms with Crippen LogP contribution in [0.25, 0.3) is 0 Å². The van der Waals surface area contributed by atoms with Crippen LogP contribution in [0.1, 0.15) is 0 Å². The lowest BCUT2D eigenvalue weighted by atomic mass is 10.2. The van der Waals surface area contributed by atoms with Crippen LogP contribution in [0.4, 0.5) is 0 Å². The molecule has 0 fully saturated rings. The van der Waals surface area contributed by atoms with Crippen LogP contribution < -0.4 is 0 Å². The van der Waals surface area contributed by atoms with Gasteiger partial charge in [-0.25, -0.2) is 0 Å². The first-order chi connectivity index (χ1) is 7.85. The Labute approximate surface area is 140 Å². The SMILES string of the molecule is O/C(=C\SP([S-])[S-])C1=[S+]C=CC1(Cl)S[P+](=S)[S-]. The third-order valence-corrected chi connectivity index (χ3v) is 9.91. The maximum atomic E-state index is 9.95. The van der Waals surface area contributed by atoms with Gasteiger partial charge in [-0.15, -0.1) is 0 Å². The van der Waals surface area contributed by atoms with Gasteiger partial charge in [0.15, 0.2) is 11.2 Å². The third kappa shape index (κ3) is 5.70. The van der Waals surface area contributed by atoms with Crippen molar-refractivity contribution in [3.63, 3.8) is 0 Å². The molecule has 2 atom stereocenters. The zero-order chi connectivity index (χ0) is 13.1. The molecule has 0 saturated heterocycles. The highest BCUT2D eigenvalue weighted by Gasteiger charge is 2.48. The third-order valence-electron chi connectivity index (χ3n) is 1.47. The smallest absolute Gasteiger partial charge is 0.288 e. The van der Waals surface area contributed by atoms with Gasteiger partial charge >= 0.3 is 0 Å². The van der Waals surface area contributed by atoms with Gasteiger partial charge in [-0.1, -0.05) is 11.6 Å². The van der Waals surface area contributed by atoms with Crippen molar-refractivity contribution in [3.05, 3.63) is 22.7 Å². The van der Waals surface area contributed by atoms with E-state index in [1.165, 1.54) is 34.1 Å². The zero-order valence-corrected chi connectivity index (χ0v) is 16.1. The summed E-state index contributed by atoms with van der Waals surface area (Å²) in [5.41, 5.74) is -0.978. The summed E-state index contributed by atoms with van der Waals surface area (Å²) in [6.07, 6.45) is 1.78. The van der Waals surface area contributed by atoms with Crippen molar-refractivity contribution in [3.8, 4) is 0 Å². The van der Waals surface area contributed by atoms with Crippen LogP contribution in [-0.2, 0) is 59.9 Å². The van der Waals surface area contributed by atoms with Gasteiger partial charge in [0.2, 0.25) is 15.6 Å². The van der Waals surface area contributed by atoms with Crippen LogP contribution in [0.15, 0.2) is 22.7 Å². The fourth-order valence-corrected chi connectivity index (χ4v) is 9.46. The van der Waals surface area contributed by atoms with Crippen molar-refractivity contribution >= 4 is 110 Å². The van der Waals surface area contributed by atoms with Crippen molar-refractivity contribution in [2.75, 3.05) is 0 Å². The minimum absolute atomic E-state index is 0.0940. The largest absolute Gasteiger partial charge is 0.773 e. The quantitative estimate of drug-likeness (QED) is 0.137. The number of aliphatic hydroxyl groups is 1. The fraction of sp³-hybridized carbons (Fsp3) is 0.167. The second-order valence-electron chi connectivity index (χ2n) is 2.54. The lowest BCUT2D eigenvalue weighted by Crippen LogP contribution is -2.24. The van der Waals surface area contributed by atoms with E-state index in [2.05, 4.69) is 0 Å². The summed E-state index contributed by atoms with van der Waals surface area (Å²) in [4.78, 5) is 0.626. The van der Waals surface area contributed by atoms with Crippen LogP contribution in [0.5, 0.6) is 0 Å². The summed E-state index contributed by atoms with van der Waals surface area (Å²) in [6.45, 7) is 0. The summed E-state index contributed by atoms with van der Waals surface area (Å²) >= 11 is 30.1. The molecule has 1 rings (SSSR count). The van der Waals surface area contributed by atoms with E-state index in [4.69, 9.17) is 60.2 Å². The molecule has 2 unspecified atom stereocenters. The van der Waals surface area contributed by atoms with E-state index in [0.717, 1.165) is 0 Å². The second-order valence-corrected chi connectivity index (χ2v) is 18.4. The molecule has 0 aromatic carbocycles. The van der Waals surface area contributed by atoms with Crippen LogP contribution >= 0.6 is 45.0 Å². The van der Waals surface area contributed by atoms with Crippen molar-refractivity contribution < 1.29 is 5.11 Å². The number of alkyl halides is 1. The maximum absolute atomic E-state index is 9.95. The molecule has 17 heavy (non-hydrogen) atoms. The van der Waals surface area contributed by atoms with Gasteiger partial charge in [0.05, 0.1) is 0 Å². The Bertz CT molecular complexity index is 409. The van der Waals surface area contributed by atoms with Gasteiger partial charge in [0.1, 0.15) is 28.3 Å². The van der Waals surface area contributed by atoms with E-state index in [1.807, 2.05) is 5.41 Å². The molecule has 1 nitrogen and oxygen atoms in total. The Morgan fingerprint density at radius 1 is 1.71 bits per heavy atom. The number of aliphatic hydroxyl groups excluding tert-OH is 1. The minimum Gasteiger partial charge on any atom is -0.773 e. The zero-order valence-electron chi connectivity index (χ0n) is 7.81. The van der Waals surface area contributed by atoms with Crippen molar-refractivity contribution in [1.29, 1.82) is 0 Å². The first-order valence-electron chi connectivity index (χ1n) is 3.80. The Morgan fingerprint density at radius 2 is 2.35 bits per heavy atom. The predicted octanol–water partition coefficient (Wildman–Crippen LogP) is 4.21. The summed E-state index contributed by atoms with van der Waals surface area (Å²) in [5.74, 6) is 0.0940. The van der Waals surface area contributed by atoms with Crippen molar-refractivity contribution in [2.45, 2.75) is 4.21 Å². The van der Waals surface area contributed by atoms with E-state index in [9.17, 15) is 5.11 Å². The number of hydrogen-bond donors (Lipinski definition) is 1. The van der Waals surface area contributed by atoms with E-state index >= 15 is 0 Å². The average molecular weight is 414 g/mol. The Balaban J connectivity index is 2.84. The van der Waals surface area contributed by atoms with E-state index < -0.39 is 14.8 Å². The molecule has 0 aromatic rings. The lowest BCUT2D eigenvalue weighted by molar-refractivity contribution is 0.445. The van der Waals surface area contributed by atoms with Gasteiger partial charge in [0.25, 0.3) is 4.86 Å². The molecule has 0 saturated carbocycles. The average Bonchev–Trinajstić information content (AvgIpc) is 2.55. The summed E-state index contributed by atoms with van der Waals surface area (Å²) in [5, 5.41) is 12.3. The summed E-state index contributed by atoms with van der Waals surface area (Å²) < 4.78 is -0.841. The topological polar surface area (TPSA) is 20.2 Å². The first-order valence-corrected chi connectivity index (χ1v) is 14.7. The summed E-state index contributed by atoms with van der Waals surface area (Å²) in [7, 11) is 0. The molecule has 0 aromatic heterocycles. The fourth-order valence-electron chi connectivity index (χ4n) is 0.907. The Kier molecular flexibility index (Phi) is 8.16. The highest BCUT2D eigenvalue weighted by Crippen LogP contribution is 2.52. The van der Waals surface area contributed by atoms with Crippen molar-refractivity contribution in [1.82, 2.24) is 0 Å². The second kappa shape index (κ2) is 7.96. The van der Waals surface area contributed by atoms with Gasteiger partial charge in [-0.2, -0.15) is 11.4 Å². The molecule has 0 radical (unpaired) electrons. The predicted molar refractivity (Wildman–Crippen MR) is 99.3 cm³/mol. The first kappa shape index (κ1) is 17.4. The van der Waals surface area contributed by atoms with Crippen molar-refractivity contribution in [2.24, 2.45) is 0 Å². The Hall–Kier alpha value is 2.36. The molecule has 1 heterocycles. The molecular weight excluding hydrogens is 410 g/mol. The molecule has 0 bridgehead atoms. The monoisotopic (exact) mass is 413 g/mol. The van der Waals surface area contributed by atoms with Gasteiger partial charge in [-0.05, 0) is 0 Å². The van der Waals surface area contributed by atoms with Gasteiger partial charge in [0, 0.05) is 11.5 Å². The molecule has 1 aliphatic heterocycles. The summed E-state index contributed by atoms with van der Waals surface area (Å²) in [6, 6.07) is 0. The normalized spacial score (nSPS) is 25.4. The lowest BCUT2D eigenvalue weighted by Gasteiger charge is -2.29. The molecule has 0 amide bonds. The van der Waals surface area contributed by atoms with Crippen LogP contribution in [-0.4, -0.2) is 14.2 Å². The Morgan fingerprint density at radius 3 is 2.88 bits per heavy atom. The van der Waals surface area contributed by atoms with E-state index in [1.54, 1.807) is 11.5 Å². The molecule has 94 valence electrons. The highest BCUT2D eigenvalue weighted by atomic mass is 35.5. The number of halogens is 1. The van der Waals surface area contributed by atoms with E-state index in [0.29, 0.717) is 4.86 Å². The molecule has 11 heteroatoms. The molecule has 1 aliphatic rings. The number of allylic oxidation sites excluding steroid dienone is 1. The van der Waals surface area contributed by atoms with Gasteiger partial charge < -0.3 is 47.4 Å². The van der Waals surface area contributed by atoms with Crippen LogP contribution in [0.3, 0.4) is 0 Å². The van der Waals surface area contributed by atoms with Gasteiger partial charge in [-0.3, -0.25) is 0 Å². The molecular formula is C6H4ClOP2S7-. The van der Waals surface area contributed by atoms with Crippen LogP contribution in [0, 0.1) is 0 Å². The maximum Gasteiger partial charge on any atom is 0.288 e. The number of rotatable bonds is 5. The van der Waals surface area contributed by atoms with E-state index in [-0.39, 0.29) is 5.76 Å². The molecule has 0 aliphatic carbocycles. The molecule has 1 N–H and O–H groups in total.